The summed E-state index contributed by atoms with van der Waals surface area (Å²) in [6.45, 7) is 2.69. The number of aliphatic hydroxyl groups is 1. The van der Waals surface area contributed by atoms with E-state index in [2.05, 4.69) is 0 Å². The van der Waals surface area contributed by atoms with Crippen molar-refractivity contribution >= 4 is 11.4 Å². The minimum absolute atomic E-state index is 0.0337. The molecule has 21 heavy (non-hydrogen) atoms. The molecule has 1 fully saturated rings. The van der Waals surface area contributed by atoms with Crippen LogP contribution in [-0.4, -0.2) is 35.8 Å². The van der Waals surface area contributed by atoms with Gasteiger partial charge >= 0.3 is 5.69 Å². The zero-order chi connectivity index (χ0) is 15.5. The van der Waals surface area contributed by atoms with E-state index in [0.717, 1.165) is 31.4 Å². The van der Waals surface area contributed by atoms with Crippen molar-refractivity contribution in [2.75, 3.05) is 25.1 Å². The molecule has 1 saturated carbocycles. The van der Waals surface area contributed by atoms with E-state index in [4.69, 9.17) is 4.74 Å². The average molecular weight is 294 g/mol. The van der Waals surface area contributed by atoms with Crippen molar-refractivity contribution in [2.24, 2.45) is 0 Å². The van der Waals surface area contributed by atoms with Gasteiger partial charge < -0.3 is 14.7 Å². The Kier molecular flexibility index (Phi) is 4.67. The third kappa shape index (κ3) is 3.64. The van der Waals surface area contributed by atoms with Gasteiger partial charge in [0.1, 0.15) is 0 Å². The first-order valence-electron chi connectivity index (χ1n) is 7.30. The fourth-order valence-corrected chi connectivity index (χ4v) is 2.89. The number of anilines is 1. The summed E-state index contributed by atoms with van der Waals surface area (Å²) < 4.78 is 5.35. The summed E-state index contributed by atoms with van der Waals surface area (Å²) in [7, 11) is 1.88. The monoisotopic (exact) mass is 294 g/mol. The molecule has 0 unspecified atom stereocenters. The van der Waals surface area contributed by atoms with Crippen LogP contribution in [-0.2, 0) is 0 Å². The second-order valence-electron chi connectivity index (χ2n) is 5.63. The van der Waals surface area contributed by atoms with Crippen LogP contribution in [0.2, 0.25) is 0 Å². The molecule has 0 atom stereocenters. The Morgan fingerprint density at radius 1 is 1.43 bits per heavy atom. The number of nitro groups is 1. The summed E-state index contributed by atoms with van der Waals surface area (Å²) in [6, 6.07) is 4.81. The molecule has 0 saturated heterocycles. The van der Waals surface area contributed by atoms with Gasteiger partial charge in [0.05, 0.1) is 17.1 Å². The highest BCUT2D eigenvalue weighted by Gasteiger charge is 2.32. The molecule has 0 amide bonds. The van der Waals surface area contributed by atoms with Crippen molar-refractivity contribution in [3.63, 3.8) is 0 Å². The number of likely N-dealkylation sites (N-methyl/N-ethyl adjacent to an activating group) is 1. The summed E-state index contributed by atoms with van der Waals surface area (Å²) in [4.78, 5) is 12.5. The van der Waals surface area contributed by atoms with Gasteiger partial charge in [-0.15, -0.1) is 0 Å². The van der Waals surface area contributed by atoms with Crippen LogP contribution in [0, 0.1) is 10.1 Å². The molecule has 0 heterocycles. The van der Waals surface area contributed by atoms with Gasteiger partial charge in [0, 0.05) is 31.4 Å². The molecule has 0 spiro atoms. The van der Waals surface area contributed by atoms with Crippen LogP contribution < -0.4 is 9.64 Å². The summed E-state index contributed by atoms with van der Waals surface area (Å²) >= 11 is 0. The van der Waals surface area contributed by atoms with Crippen LogP contribution in [0.5, 0.6) is 5.75 Å². The molecule has 1 aromatic carbocycles. The highest BCUT2D eigenvalue weighted by molar-refractivity contribution is 5.59. The second kappa shape index (κ2) is 6.30. The van der Waals surface area contributed by atoms with Gasteiger partial charge in [-0.25, -0.2) is 0 Å². The summed E-state index contributed by atoms with van der Waals surface area (Å²) in [5, 5.41) is 21.4. The predicted molar refractivity (Wildman–Crippen MR) is 81.0 cm³/mol. The van der Waals surface area contributed by atoms with E-state index >= 15 is 0 Å². The molecule has 1 aromatic rings. The maximum atomic E-state index is 11.0. The Balaban J connectivity index is 2.18. The third-order valence-electron chi connectivity index (χ3n) is 3.95. The lowest BCUT2D eigenvalue weighted by Crippen LogP contribution is -2.39. The van der Waals surface area contributed by atoms with Crippen molar-refractivity contribution in [3.05, 3.63) is 28.3 Å². The first-order chi connectivity index (χ1) is 9.95. The number of hydrogen-bond donors (Lipinski definition) is 1. The van der Waals surface area contributed by atoms with Crippen LogP contribution in [0.15, 0.2) is 18.2 Å². The van der Waals surface area contributed by atoms with E-state index in [1.54, 1.807) is 19.1 Å². The van der Waals surface area contributed by atoms with Gasteiger partial charge in [0.15, 0.2) is 5.75 Å². The number of hydrogen-bond acceptors (Lipinski definition) is 5. The van der Waals surface area contributed by atoms with Gasteiger partial charge in [0.25, 0.3) is 0 Å². The highest BCUT2D eigenvalue weighted by atomic mass is 16.6. The van der Waals surface area contributed by atoms with Crippen molar-refractivity contribution in [1.29, 1.82) is 0 Å². The SMILES string of the molecule is CCOc1cc(N(C)CC2(O)CCCC2)ccc1[N+](=O)[O-]. The lowest BCUT2D eigenvalue weighted by Gasteiger charge is -2.30. The van der Waals surface area contributed by atoms with E-state index in [1.807, 2.05) is 11.9 Å². The molecule has 6 heteroatoms. The smallest absolute Gasteiger partial charge is 0.311 e. The predicted octanol–water partition coefficient (Wildman–Crippen LogP) is 2.73. The Morgan fingerprint density at radius 3 is 2.67 bits per heavy atom. The fourth-order valence-electron chi connectivity index (χ4n) is 2.89. The molecule has 6 nitrogen and oxygen atoms in total. The number of rotatable bonds is 6. The Labute approximate surface area is 124 Å². The minimum Gasteiger partial charge on any atom is -0.487 e. The van der Waals surface area contributed by atoms with Crippen molar-refractivity contribution < 1.29 is 14.8 Å². The molecular formula is C15H22N2O4. The standard InChI is InChI=1S/C15H22N2O4/c1-3-21-14-10-12(6-7-13(14)17(19)20)16(2)11-15(18)8-4-5-9-15/h6-7,10,18H,3-5,8-9,11H2,1-2H3. The molecule has 0 bridgehead atoms. The maximum Gasteiger partial charge on any atom is 0.311 e. The molecule has 116 valence electrons. The van der Waals surface area contributed by atoms with E-state index in [0.29, 0.717) is 13.2 Å². The quantitative estimate of drug-likeness (QED) is 0.645. The van der Waals surface area contributed by atoms with Crippen molar-refractivity contribution in [1.82, 2.24) is 0 Å². The molecule has 1 aliphatic rings. The van der Waals surface area contributed by atoms with E-state index in [1.165, 1.54) is 6.07 Å². The number of ether oxygens (including phenoxy) is 1. The lowest BCUT2D eigenvalue weighted by atomic mass is 10.0. The minimum atomic E-state index is -0.650. The highest BCUT2D eigenvalue weighted by Crippen LogP contribution is 2.34. The van der Waals surface area contributed by atoms with E-state index in [9.17, 15) is 15.2 Å². The first kappa shape index (κ1) is 15.6. The number of benzene rings is 1. The summed E-state index contributed by atoms with van der Waals surface area (Å²) in [5.74, 6) is 0.269. The molecule has 1 aliphatic carbocycles. The molecule has 1 N–H and O–H groups in total. The van der Waals surface area contributed by atoms with Crippen LogP contribution in [0.25, 0.3) is 0 Å². The molecular weight excluding hydrogens is 272 g/mol. The molecule has 0 radical (unpaired) electrons. The van der Waals surface area contributed by atoms with Crippen LogP contribution in [0.3, 0.4) is 0 Å². The lowest BCUT2D eigenvalue weighted by molar-refractivity contribution is -0.385. The Morgan fingerprint density at radius 2 is 2.10 bits per heavy atom. The van der Waals surface area contributed by atoms with Gasteiger partial charge in [-0.3, -0.25) is 10.1 Å². The van der Waals surface area contributed by atoms with Gasteiger partial charge in [-0.05, 0) is 25.8 Å². The third-order valence-corrected chi connectivity index (χ3v) is 3.95. The maximum absolute atomic E-state index is 11.0. The first-order valence-corrected chi connectivity index (χ1v) is 7.30. The normalized spacial score (nSPS) is 16.7. The zero-order valence-corrected chi connectivity index (χ0v) is 12.5. The molecule has 0 aromatic heterocycles. The van der Waals surface area contributed by atoms with Crippen LogP contribution >= 0.6 is 0 Å². The van der Waals surface area contributed by atoms with E-state index in [-0.39, 0.29) is 11.4 Å². The summed E-state index contributed by atoms with van der Waals surface area (Å²) in [5.41, 5.74) is 0.125. The van der Waals surface area contributed by atoms with E-state index < -0.39 is 10.5 Å². The number of nitrogens with zero attached hydrogens (tertiary/aromatic N) is 2. The Bertz CT molecular complexity index is 512. The zero-order valence-electron chi connectivity index (χ0n) is 12.5. The topological polar surface area (TPSA) is 75.8 Å². The van der Waals surface area contributed by atoms with Crippen molar-refractivity contribution in [3.8, 4) is 5.75 Å². The second-order valence-corrected chi connectivity index (χ2v) is 5.63. The molecule has 0 aliphatic heterocycles. The largest absolute Gasteiger partial charge is 0.487 e. The molecule has 2 rings (SSSR count). The Hall–Kier alpha value is -1.82. The van der Waals surface area contributed by atoms with Crippen LogP contribution in [0.4, 0.5) is 11.4 Å². The van der Waals surface area contributed by atoms with Crippen LogP contribution in [0.1, 0.15) is 32.6 Å². The average Bonchev–Trinajstić information content (AvgIpc) is 2.85. The fraction of sp³-hybridized carbons (Fsp3) is 0.600. The summed E-state index contributed by atoms with van der Waals surface area (Å²) in [6.07, 6.45) is 3.72. The van der Waals surface area contributed by atoms with Gasteiger partial charge in [-0.2, -0.15) is 0 Å². The number of nitro benzene ring substituents is 1. The van der Waals surface area contributed by atoms with Crippen molar-refractivity contribution in [2.45, 2.75) is 38.2 Å². The van der Waals surface area contributed by atoms with Gasteiger partial charge in [-0.1, -0.05) is 12.8 Å². The van der Waals surface area contributed by atoms with Gasteiger partial charge in [0.2, 0.25) is 0 Å².